The molecule has 134 valence electrons. The summed E-state index contributed by atoms with van der Waals surface area (Å²) in [5, 5.41) is 2.76. The molecule has 0 aromatic rings. The zero-order valence-electron chi connectivity index (χ0n) is 15.1. The van der Waals surface area contributed by atoms with E-state index in [9.17, 15) is 4.79 Å². The lowest BCUT2D eigenvalue weighted by Crippen LogP contribution is -2.39. The van der Waals surface area contributed by atoms with Gasteiger partial charge >= 0.3 is 13.2 Å². The highest BCUT2D eigenvalue weighted by Gasteiger charge is 2.56. The zero-order valence-corrected chi connectivity index (χ0v) is 16.7. The normalized spacial score (nSPS) is 24.4. The van der Waals surface area contributed by atoms with Gasteiger partial charge in [-0.2, -0.15) is 0 Å². The topological polar surface area (TPSA) is 66.0 Å². The summed E-state index contributed by atoms with van der Waals surface area (Å²) in [6.45, 7) is 10.0. The van der Waals surface area contributed by atoms with Gasteiger partial charge in [0.05, 0.1) is 18.2 Å². The van der Waals surface area contributed by atoms with Crippen molar-refractivity contribution in [1.29, 1.82) is 0 Å². The number of nitrogens with one attached hydrogen (secondary N) is 1. The molecule has 1 fully saturated rings. The van der Waals surface area contributed by atoms with E-state index in [0.29, 0.717) is 12.4 Å². The molecule has 25 heavy (non-hydrogen) atoms. The molecule has 0 unspecified atom stereocenters. The second-order valence-electron chi connectivity index (χ2n) is 7.80. The fourth-order valence-corrected chi connectivity index (χ4v) is 3.38. The summed E-state index contributed by atoms with van der Waals surface area (Å²) in [5.74, 6) is 0.633. The molecule has 3 rings (SSSR count). The van der Waals surface area contributed by atoms with Crippen LogP contribution in [0.3, 0.4) is 0 Å². The van der Waals surface area contributed by atoms with E-state index in [4.69, 9.17) is 18.8 Å². The van der Waals surface area contributed by atoms with E-state index in [0.717, 1.165) is 15.5 Å². The van der Waals surface area contributed by atoms with Gasteiger partial charge in [0.15, 0.2) is 0 Å². The van der Waals surface area contributed by atoms with Crippen LogP contribution in [0.1, 0.15) is 34.6 Å². The molecule has 1 saturated heterocycles. The second kappa shape index (κ2) is 6.43. The number of carbonyl (C=O) groups is 1. The van der Waals surface area contributed by atoms with Crippen LogP contribution in [0.15, 0.2) is 27.4 Å². The largest absolute Gasteiger partial charge is 0.580 e. The van der Waals surface area contributed by atoms with Gasteiger partial charge in [-0.25, -0.2) is 4.79 Å². The molecule has 2 aliphatic heterocycles. The van der Waals surface area contributed by atoms with Crippen LogP contribution >= 0.6 is 15.9 Å². The number of allylic oxidation sites excluding steroid dienone is 3. The summed E-state index contributed by atoms with van der Waals surface area (Å²) in [5.41, 5.74) is 0.698. The highest BCUT2D eigenvalue weighted by Crippen LogP contribution is 2.42. The van der Waals surface area contributed by atoms with Crippen LogP contribution in [-0.4, -0.2) is 43.7 Å². The third-order valence-corrected chi connectivity index (χ3v) is 4.44. The number of halogens is 1. The number of hydrogen-bond acceptors (Lipinski definition) is 5. The Morgan fingerprint density at radius 2 is 2.24 bits per heavy atom. The number of ether oxygens (including phenoxy) is 2. The first-order chi connectivity index (χ1) is 11.6. The third kappa shape index (κ3) is 4.09. The molecular formula is C17H22BBrNO5+. The maximum atomic E-state index is 11.9. The minimum absolute atomic E-state index is 0.268. The number of carbonyl (C=O) groups excluding carboxylic acids is 1. The van der Waals surface area contributed by atoms with E-state index in [1.807, 2.05) is 34.6 Å². The van der Waals surface area contributed by atoms with Crippen LogP contribution in [-0.2, 0) is 18.8 Å². The number of rotatable bonds is 2. The van der Waals surface area contributed by atoms with E-state index in [-0.39, 0.29) is 12.6 Å². The summed E-state index contributed by atoms with van der Waals surface area (Å²) in [4.78, 5) is 11.9. The molecule has 0 saturated carbocycles. The Bertz CT molecular complexity index is 677. The summed E-state index contributed by atoms with van der Waals surface area (Å²) in [6, 6.07) is 0. The molecular weight excluding hydrogens is 389 g/mol. The molecule has 1 amide bonds. The Balaban J connectivity index is 1.78. The fraction of sp³-hybridized carbons (Fsp3) is 0.588. The molecule has 0 aromatic carbocycles. The summed E-state index contributed by atoms with van der Waals surface area (Å²) in [6.07, 6.45) is 4.08. The minimum atomic E-state index is -0.554. The average molecular weight is 411 g/mol. The molecule has 0 aromatic heterocycles. The summed E-state index contributed by atoms with van der Waals surface area (Å²) >= 11 is 3.55. The average Bonchev–Trinajstić information content (AvgIpc) is 2.75. The second-order valence-corrected chi connectivity index (χ2v) is 8.65. The van der Waals surface area contributed by atoms with Crippen molar-refractivity contribution in [3.63, 3.8) is 0 Å². The molecule has 3 aliphatic rings. The Hall–Kier alpha value is -1.34. The lowest BCUT2D eigenvalue weighted by Gasteiger charge is -2.24. The van der Waals surface area contributed by atoms with Gasteiger partial charge in [0.1, 0.15) is 39.9 Å². The number of hydrogen-bond donors (Lipinski definition) is 1. The molecule has 1 atom stereocenters. The molecule has 0 radical (unpaired) electrons. The van der Waals surface area contributed by atoms with Crippen molar-refractivity contribution in [2.45, 2.75) is 51.9 Å². The van der Waals surface area contributed by atoms with Gasteiger partial charge in [0.25, 0.3) is 5.76 Å². The van der Waals surface area contributed by atoms with E-state index < -0.39 is 24.4 Å². The van der Waals surface area contributed by atoms with E-state index in [2.05, 4.69) is 27.3 Å². The highest BCUT2D eigenvalue weighted by atomic mass is 79.9. The number of alkyl carbamates (subject to hydrolysis) is 1. The van der Waals surface area contributed by atoms with E-state index >= 15 is 0 Å². The Morgan fingerprint density at radius 3 is 2.92 bits per heavy atom. The zero-order chi connectivity index (χ0) is 18.4. The van der Waals surface area contributed by atoms with Crippen LogP contribution in [0.4, 0.5) is 4.79 Å². The molecule has 2 heterocycles. The van der Waals surface area contributed by atoms with Crippen molar-refractivity contribution >= 4 is 29.1 Å². The van der Waals surface area contributed by atoms with Gasteiger partial charge in [-0.15, -0.1) is 0 Å². The predicted octanol–water partition coefficient (Wildman–Crippen LogP) is 3.04. The maximum absolute atomic E-state index is 11.9. The van der Waals surface area contributed by atoms with Gasteiger partial charge in [0.2, 0.25) is 0 Å². The summed E-state index contributed by atoms with van der Waals surface area (Å²) < 4.78 is 24.1. The first-order valence-electron chi connectivity index (χ1n) is 8.23. The highest BCUT2D eigenvalue weighted by molar-refractivity contribution is 9.11. The molecule has 8 heteroatoms. The van der Waals surface area contributed by atoms with E-state index in [1.54, 1.807) is 6.08 Å². The van der Waals surface area contributed by atoms with Crippen molar-refractivity contribution in [2.75, 3.05) is 13.2 Å². The first kappa shape index (κ1) is 18.5. The van der Waals surface area contributed by atoms with Crippen molar-refractivity contribution in [3.8, 4) is 0 Å². The van der Waals surface area contributed by atoms with Gasteiger partial charge < -0.3 is 24.1 Å². The van der Waals surface area contributed by atoms with Crippen molar-refractivity contribution < 1.29 is 23.6 Å². The van der Waals surface area contributed by atoms with Gasteiger partial charge in [-0.3, -0.25) is 0 Å². The lowest BCUT2D eigenvalue weighted by molar-refractivity contribution is 0.0110. The molecule has 0 bridgehead atoms. The lowest BCUT2D eigenvalue weighted by atomic mass is 9.73. The molecule has 1 N–H and O–H groups in total. The Kier molecular flexibility index (Phi) is 4.75. The van der Waals surface area contributed by atoms with Crippen molar-refractivity contribution in [2.24, 2.45) is 0 Å². The quantitative estimate of drug-likeness (QED) is 0.559. The van der Waals surface area contributed by atoms with Gasteiger partial charge in [-0.05, 0) is 34.6 Å². The van der Waals surface area contributed by atoms with Crippen LogP contribution in [0.2, 0.25) is 0 Å². The first-order valence-corrected chi connectivity index (χ1v) is 9.02. The van der Waals surface area contributed by atoms with Crippen molar-refractivity contribution in [3.05, 3.63) is 33.4 Å². The number of amides is 1. The van der Waals surface area contributed by atoms with Crippen LogP contribution < -0.4 is 5.32 Å². The SMILES string of the molecule is CC(C)(C)OC(=O)NC[C@@H]1OB2OC(C)(C)COC3=C2C1=C(Br)C=[C+]3. The van der Waals surface area contributed by atoms with Gasteiger partial charge in [-0.1, -0.05) is 0 Å². The molecule has 0 spiro atoms. The van der Waals surface area contributed by atoms with Crippen LogP contribution in [0.5, 0.6) is 0 Å². The Morgan fingerprint density at radius 1 is 1.52 bits per heavy atom. The predicted molar refractivity (Wildman–Crippen MR) is 96.8 cm³/mol. The maximum Gasteiger partial charge on any atom is 0.580 e. The Labute approximate surface area is 156 Å². The standard InChI is InChI=1S/C17H21BBrNO5/c1-16(2,3)23-15(21)20-8-12-13-10(19)6-7-11-14(13)18(24-12)25-17(4,5)9-22-11/h6,12H,8-9H2,1-5H3/p+1/t12-/m0/s1. The summed E-state index contributed by atoms with van der Waals surface area (Å²) in [7, 11) is -0.554. The van der Waals surface area contributed by atoms with Crippen LogP contribution in [0.25, 0.3) is 0 Å². The fourth-order valence-electron chi connectivity index (χ4n) is 2.80. The smallest absolute Gasteiger partial charge is 0.463 e. The minimum Gasteiger partial charge on any atom is -0.463 e. The van der Waals surface area contributed by atoms with Crippen LogP contribution in [0, 0.1) is 6.08 Å². The van der Waals surface area contributed by atoms with Crippen molar-refractivity contribution in [1.82, 2.24) is 5.32 Å². The van der Waals surface area contributed by atoms with Gasteiger partial charge in [0, 0.05) is 15.9 Å². The monoisotopic (exact) mass is 410 g/mol. The molecule has 6 nitrogen and oxygen atoms in total. The van der Waals surface area contributed by atoms with E-state index in [1.165, 1.54) is 0 Å². The third-order valence-electron chi connectivity index (χ3n) is 3.79. The molecule has 1 aliphatic carbocycles.